The van der Waals surface area contributed by atoms with E-state index in [9.17, 15) is 4.79 Å². The van der Waals surface area contributed by atoms with Gasteiger partial charge in [-0.3, -0.25) is 11.8 Å². The molecule has 0 heterocycles. The normalized spacial score (nSPS) is 11.6. The van der Waals surface area contributed by atoms with Crippen LogP contribution in [0, 0.1) is 14.0 Å². The predicted molar refractivity (Wildman–Crippen MR) is 32.7 cm³/mol. The minimum Gasteiger partial charge on any atom is -0.519 e. The van der Waals surface area contributed by atoms with Gasteiger partial charge < -0.3 is 11.8 Å². The third kappa shape index (κ3) is 5.04. The van der Waals surface area contributed by atoms with E-state index in [4.69, 9.17) is 0 Å². The van der Waals surface area contributed by atoms with Crippen molar-refractivity contribution in [2.75, 3.05) is 0 Å². The fraction of sp³-hybridized carbons (Fsp3) is 0.500. The molecule has 3 heteroatoms. The van der Waals surface area contributed by atoms with E-state index in [1.807, 2.05) is 6.92 Å². The number of hydrogen-bond donors (Lipinski definition) is 0. The molecule has 0 saturated carbocycles. The van der Waals surface area contributed by atoms with Crippen LogP contribution < -0.4 is 0 Å². The quantitative estimate of drug-likeness (QED) is 0.577. The monoisotopic (exact) mass is 202 g/mol. The Kier molecular flexibility index (Phi) is 7.31. The Labute approximate surface area is 81.9 Å². The molecule has 0 N–H and O–H groups in total. The molecule has 0 aromatic carbocycles. The van der Waals surface area contributed by atoms with E-state index in [0.29, 0.717) is 0 Å². The van der Waals surface area contributed by atoms with E-state index in [1.165, 1.54) is 11.8 Å². The first kappa shape index (κ1) is 12.3. The largest absolute Gasteiger partial charge is 0.519 e. The van der Waals surface area contributed by atoms with Crippen LogP contribution in [0.2, 0.25) is 0 Å². The average molecular weight is 202 g/mol. The summed E-state index contributed by atoms with van der Waals surface area (Å²) < 4.78 is 0. The first-order valence-electron chi connectivity index (χ1n) is 2.49. The summed E-state index contributed by atoms with van der Waals surface area (Å²) >= 11 is 0. The molecule has 0 aliphatic heterocycles. The van der Waals surface area contributed by atoms with Crippen LogP contribution in [0.15, 0.2) is 0 Å². The molecular weight excluding hydrogens is 191 g/mol. The second kappa shape index (κ2) is 5.37. The van der Waals surface area contributed by atoms with Crippen LogP contribution in [0.1, 0.15) is 13.8 Å². The first-order chi connectivity index (χ1) is 3.55. The number of carbonyl (C=O) groups excluding carboxylic acids is 1. The Bertz CT molecular complexity index is 93.1. The van der Waals surface area contributed by atoms with Crippen LogP contribution >= 0.6 is 0 Å². The molecule has 0 aliphatic rings. The van der Waals surface area contributed by atoms with Crippen LogP contribution in [0.4, 0.5) is 0 Å². The maximum atomic E-state index is 10.4. The zero-order chi connectivity index (χ0) is 6.73. The van der Waals surface area contributed by atoms with Crippen molar-refractivity contribution in [2.45, 2.75) is 19.9 Å². The molecule has 0 bridgehead atoms. The Morgan fingerprint density at radius 3 is 2.00 bits per heavy atom. The van der Waals surface area contributed by atoms with E-state index in [0.717, 1.165) is 0 Å². The topological polar surface area (TPSA) is 20.3 Å². The fourth-order valence-corrected chi connectivity index (χ4v) is 0.310. The number of rotatable bonds is 1. The molecule has 1 amide bonds. The molecule has 1 radical (unpaired) electrons. The molecule has 0 rings (SSSR count). The van der Waals surface area contributed by atoms with Gasteiger partial charge in [0.1, 0.15) is 0 Å². The van der Waals surface area contributed by atoms with E-state index < -0.39 is 0 Å². The van der Waals surface area contributed by atoms with Crippen molar-refractivity contribution >= 4 is 5.91 Å². The minimum atomic E-state index is -0.0486. The van der Waals surface area contributed by atoms with Gasteiger partial charge >= 0.3 is 0 Å². The molecule has 0 saturated heterocycles. The van der Waals surface area contributed by atoms with E-state index in [1.54, 1.807) is 0 Å². The fourth-order valence-electron chi connectivity index (χ4n) is 0.310. The molecular formula is C6H11NOY-2. The third-order valence-corrected chi connectivity index (χ3v) is 0.937. The Balaban J connectivity index is 0. The molecule has 0 aromatic rings. The van der Waals surface area contributed by atoms with Gasteiger partial charge in [0.15, 0.2) is 5.91 Å². The van der Waals surface area contributed by atoms with E-state index in [-0.39, 0.29) is 44.7 Å². The minimum absolute atomic E-state index is 0. The third-order valence-electron chi connectivity index (χ3n) is 0.937. The summed E-state index contributed by atoms with van der Waals surface area (Å²) in [6, 6.07) is -0.0347. The van der Waals surface area contributed by atoms with Gasteiger partial charge in [-0.1, -0.05) is 6.92 Å². The summed E-state index contributed by atoms with van der Waals surface area (Å²) in [7, 11) is 3.46. The van der Waals surface area contributed by atoms with Crippen molar-refractivity contribution < 1.29 is 37.5 Å². The molecule has 0 fully saturated rings. The van der Waals surface area contributed by atoms with Crippen LogP contribution in [0.25, 0.3) is 0 Å². The maximum absolute atomic E-state index is 10.4. The number of carbonyl (C=O) groups is 1. The van der Waals surface area contributed by atoms with Gasteiger partial charge in [-0.25, -0.2) is 0 Å². The van der Waals surface area contributed by atoms with Crippen molar-refractivity contribution in [2.24, 2.45) is 0 Å². The van der Waals surface area contributed by atoms with Gasteiger partial charge in [-0.2, -0.15) is 0 Å². The molecule has 0 aliphatic carbocycles. The van der Waals surface area contributed by atoms with Crippen molar-refractivity contribution in [1.29, 1.82) is 0 Å². The summed E-state index contributed by atoms with van der Waals surface area (Å²) in [6.07, 6.45) is 0. The number of hydrogen-bond acceptors (Lipinski definition) is 1. The van der Waals surface area contributed by atoms with E-state index in [2.05, 4.69) is 14.0 Å². The maximum Gasteiger partial charge on any atom is 0.188 e. The Morgan fingerprint density at radius 2 is 2.00 bits per heavy atom. The summed E-state index contributed by atoms with van der Waals surface area (Å²) in [4.78, 5) is 11.7. The number of nitrogens with zero attached hydrogens (tertiary/aromatic N) is 1. The summed E-state index contributed by atoms with van der Waals surface area (Å²) in [5.74, 6) is -0.0486. The molecule has 0 aromatic heterocycles. The zero-order valence-corrected chi connectivity index (χ0v) is 8.76. The first-order valence-corrected chi connectivity index (χ1v) is 2.49. The predicted octanol–water partition coefficient (Wildman–Crippen LogP) is 0.847. The smallest absolute Gasteiger partial charge is 0.188 e. The van der Waals surface area contributed by atoms with Gasteiger partial charge in [0, 0.05) is 39.6 Å². The van der Waals surface area contributed by atoms with Crippen molar-refractivity contribution in [3.63, 3.8) is 0 Å². The zero-order valence-electron chi connectivity index (χ0n) is 5.92. The standard InChI is InChI=1S/C6H11NO.Y/c1-5(2)7(4)6(3)8;/h5H,1,4H2,2-3H3;/q-2;/t5-;/m0./s1. The average Bonchev–Trinajstić information content (AvgIpc) is 1.64. The molecule has 9 heavy (non-hydrogen) atoms. The summed E-state index contributed by atoms with van der Waals surface area (Å²) in [5, 5.41) is 0. The van der Waals surface area contributed by atoms with Gasteiger partial charge in [0.2, 0.25) is 0 Å². The molecule has 1 atom stereocenters. The number of amides is 1. The second-order valence-electron chi connectivity index (χ2n) is 1.84. The van der Waals surface area contributed by atoms with Gasteiger partial charge in [-0.05, 0) is 0 Å². The van der Waals surface area contributed by atoms with Gasteiger partial charge in [0.25, 0.3) is 0 Å². The molecule has 51 valence electrons. The van der Waals surface area contributed by atoms with Crippen LogP contribution in [0.3, 0.4) is 0 Å². The summed E-state index contributed by atoms with van der Waals surface area (Å²) in [5.41, 5.74) is 0. The Hall–Kier alpha value is 0.574. The van der Waals surface area contributed by atoms with Crippen molar-refractivity contribution in [3.05, 3.63) is 14.0 Å². The second-order valence-corrected chi connectivity index (χ2v) is 1.84. The van der Waals surface area contributed by atoms with Gasteiger partial charge in [0.05, 0.1) is 0 Å². The SMILES string of the molecule is [CH2-][C@@H](C)N([CH2-])C(C)=O.[Y]. The van der Waals surface area contributed by atoms with Crippen LogP contribution in [0.5, 0.6) is 0 Å². The van der Waals surface area contributed by atoms with Crippen molar-refractivity contribution in [3.8, 4) is 0 Å². The van der Waals surface area contributed by atoms with Crippen LogP contribution in [-0.2, 0) is 37.5 Å². The molecule has 0 unspecified atom stereocenters. The van der Waals surface area contributed by atoms with Gasteiger partial charge in [-0.15, -0.1) is 6.04 Å². The summed E-state index contributed by atoms with van der Waals surface area (Å²) in [6.45, 7) is 6.88. The van der Waals surface area contributed by atoms with Crippen molar-refractivity contribution in [1.82, 2.24) is 4.90 Å². The van der Waals surface area contributed by atoms with Crippen LogP contribution in [-0.4, -0.2) is 16.8 Å². The van der Waals surface area contributed by atoms with E-state index >= 15 is 0 Å². The molecule has 0 spiro atoms. The Morgan fingerprint density at radius 1 is 1.67 bits per heavy atom. The molecule has 2 nitrogen and oxygen atoms in total.